The van der Waals surface area contributed by atoms with Crippen LogP contribution in [0.5, 0.6) is 0 Å². The van der Waals surface area contributed by atoms with E-state index in [0.717, 1.165) is 12.8 Å². The molecule has 0 spiro atoms. The van der Waals surface area contributed by atoms with Crippen molar-refractivity contribution in [1.82, 2.24) is 10.6 Å². The first-order valence-corrected chi connectivity index (χ1v) is 6.91. The Labute approximate surface area is 118 Å². The van der Waals surface area contributed by atoms with Crippen LogP contribution in [0.15, 0.2) is 22.7 Å². The molecule has 6 heteroatoms. The van der Waals surface area contributed by atoms with Crippen LogP contribution in [-0.4, -0.2) is 24.4 Å². The van der Waals surface area contributed by atoms with Crippen LogP contribution >= 0.6 is 15.9 Å². The standard InChI is InChI=1S/C13H14BrFN2O2/c14-8-4-5-10(15)9(7-8)12(18)17-11-3-1-2-6-16-13(11)19/h4-5,7,11H,1-3,6H2,(H,16,19)(H,17,18). The highest BCUT2D eigenvalue weighted by Gasteiger charge is 2.24. The fourth-order valence-corrected chi connectivity index (χ4v) is 2.35. The van der Waals surface area contributed by atoms with Gasteiger partial charge in [-0.2, -0.15) is 0 Å². The third-order valence-electron chi connectivity index (χ3n) is 3.01. The molecule has 1 atom stereocenters. The Morgan fingerprint density at radius 1 is 1.42 bits per heavy atom. The third kappa shape index (κ3) is 3.53. The summed E-state index contributed by atoms with van der Waals surface area (Å²) >= 11 is 3.19. The fraction of sp³-hybridized carbons (Fsp3) is 0.385. The van der Waals surface area contributed by atoms with Gasteiger partial charge in [0.15, 0.2) is 0 Å². The molecule has 1 saturated heterocycles. The molecule has 0 saturated carbocycles. The molecule has 1 aromatic carbocycles. The number of nitrogens with one attached hydrogen (secondary N) is 2. The number of carbonyl (C=O) groups excluding carboxylic acids is 2. The number of halogens is 2. The monoisotopic (exact) mass is 328 g/mol. The maximum Gasteiger partial charge on any atom is 0.254 e. The zero-order valence-electron chi connectivity index (χ0n) is 10.2. The van der Waals surface area contributed by atoms with Crippen LogP contribution in [-0.2, 0) is 4.79 Å². The van der Waals surface area contributed by atoms with Crippen molar-refractivity contribution in [3.05, 3.63) is 34.1 Å². The van der Waals surface area contributed by atoms with Crippen LogP contribution in [0.2, 0.25) is 0 Å². The fourth-order valence-electron chi connectivity index (χ4n) is 1.98. The highest BCUT2D eigenvalue weighted by atomic mass is 79.9. The highest BCUT2D eigenvalue weighted by Crippen LogP contribution is 2.16. The van der Waals surface area contributed by atoms with Gasteiger partial charge in [-0.1, -0.05) is 15.9 Å². The van der Waals surface area contributed by atoms with Crippen molar-refractivity contribution in [2.45, 2.75) is 25.3 Å². The summed E-state index contributed by atoms with van der Waals surface area (Å²) in [7, 11) is 0. The predicted octanol–water partition coefficient (Wildman–Crippen LogP) is 1.99. The summed E-state index contributed by atoms with van der Waals surface area (Å²) in [4.78, 5) is 23.7. The summed E-state index contributed by atoms with van der Waals surface area (Å²) in [6.45, 7) is 0.621. The number of hydrogen-bond donors (Lipinski definition) is 2. The summed E-state index contributed by atoms with van der Waals surface area (Å²) in [6.07, 6.45) is 2.32. The van der Waals surface area contributed by atoms with E-state index in [4.69, 9.17) is 0 Å². The van der Waals surface area contributed by atoms with Gasteiger partial charge >= 0.3 is 0 Å². The van der Waals surface area contributed by atoms with Crippen molar-refractivity contribution in [3.63, 3.8) is 0 Å². The molecular formula is C13H14BrFN2O2. The molecule has 0 radical (unpaired) electrons. The Morgan fingerprint density at radius 2 is 2.21 bits per heavy atom. The third-order valence-corrected chi connectivity index (χ3v) is 3.51. The minimum absolute atomic E-state index is 0.0635. The van der Waals surface area contributed by atoms with Gasteiger partial charge in [0.25, 0.3) is 5.91 Å². The second kappa shape index (κ2) is 6.14. The first-order valence-electron chi connectivity index (χ1n) is 6.11. The molecule has 1 fully saturated rings. The summed E-state index contributed by atoms with van der Waals surface area (Å²) in [6, 6.07) is 3.55. The van der Waals surface area contributed by atoms with Crippen molar-refractivity contribution in [1.29, 1.82) is 0 Å². The first-order chi connectivity index (χ1) is 9.08. The van der Waals surface area contributed by atoms with Gasteiger partial charge in [0.05, 0.1) is 5.56 Å². The molecule has 19 heavy (non-hydrogen) atoms. The van der Waals surface area contributed by atoms with Crippen LogP contribution in [0, 0.1) is 5.82 Å². The number of amides is 2. The van der Waals surface area contributed by atoms with Crippen LogP contribution in [0.4, 0.5) is 4.39 Å². The molecule has 2 rings (SSSR count). The Kier molecular flexibility index (Phi) is 4.52. The molecule has 1 aliphatic rings. The molecular weight excluding hydrogens is 315 g/mol. The molecule has 4 nitrogen and oxygen atoms in total. The van der Waals surface area contributed by atoms with E-state index < -0.39 is 17.8 Å². The molecule has 1 unspecified atom stereocenters. The number of hydrogen-bond acceptors (Lipinski definition) is 2. The topological polar surface area (TPSA) is 58.2 Å². The van der Waals surface area contributed by atoms with Crippen LogP contribution in [0.3, 0.4) is 0 Å². The normalized spacial score (nSPS) is 19.5. The zero-order valence-corrected chi connectivity index (χ0v) is 11.8. The second-order valence-electron chi connectivity index (χ2n) is 4.44. The SMILES string of the molecule is O=C(NC1CCCCNC1=O)c1cc(Br)ccc1F. The van der Waals surface area contributed by atoms with Crippen LogP contribution < -0.4 is 10.6 Å². The van der Waals surface area contributed by atoms with Gasteiger partial charge < -0.3 is 10.6 Å². The molecule has 1 heterocycles. The Bertz CT molecular complexity index is 507. The minimum atomic E-state index is -0.602. The maximum absolute atomic E-state index is 13.6. The lowest BCUT2D eigenvalue weighted by Crippen LogP contribution is -2.45. The second-order valence-corrected chi connectivity index (χ2v) is 5.35. The predicted molar refractivity (Wildman–Crippen MR) is 72.2 cm³/mol. The molecule has 102 valence electrons. The van der Waals surface area contributed by atoms with E-state index in [1.165, 1.54) is 18.2 Å². The smallest absolute Gasteiger partial charge is 0.254 e. The zero-order chi connectivity index (χ0) is 13.8. The maximum atomic E-state index is 13.6. The average Bonchev–Trinajstić information content (AvgIpc) is 2.58. The Hall–Kier alpha value is -1.43. The summed E-state index contributed by atoms with van der Waals surface area (Å²) in [5.74, 6) is -1.38. The molecule has 2 N–H and O–H groups in total. The van der Waals surface area contributed by atoms with Crippen molar-refractivity contribution >= 4 is 27.7 Å². The quantitative estimate of drug-likeness (QED) is 0.872. The van der Waals surface area contributed by atoms with E-state index in [1.807, 2.05) is 0 Å². The van der Waals surface area contributed by atoms with Crippen molar-refractivity contribution < 1.29 is 14.0 Å². The van der Waals surface area contributed by atoms with E-state index >= 15 is 0 Å². The lowest BCUT2D eigenvalue weighted by molar-refractivity contribution is -0.122. The Balaban J connectivity index is 2.11. The van der Waals surface area contributed by atoms with Gasteiger partial charge in [0, 0.05) is 11.0 Å². The molecule has 0 aromatic heterocycles. The van der Waals surface area contributed by atoms with E-state index in [-0.39, 0.29) is 11.5 Å². The molecule has 1 aromatic rings. The summed E-state index contributed by atoms with van der Waals surface area (Å²) in [5.41, 5.74) is -0.0635. The largest absolute Gasteiger partial charge is 0.354 e. The minimum Gasteiger partial charge on any atom is -0.354 e. The van der Waals surface area contributed by atoms with Crippen LogP contribution in [0.25, 0.3) is 0 Å². The van der Waals surface area contributed by atoms with Gasteiger partial charge in [0.1, 0.15) is 11.9 Å². The van der Waals surface area contributed by atoms with Gasteiger partial charge in [-0.05, 0) is 37.5 Å². The molecule has 2 amide bonds. The van der Waals surface area contributed by atoms with Gasteiger partial charge in [-0.15, -0.1) is 0 Å². The lowest BCUT2D eigenvalue weighted by atomic mass is 10.1. The van der Waals surface area contributed by atoms with Crippen molar-refractivity contribution in [3.8, 4) is 0 Å². The average molecular weight is 329 g/mol. The van der Waals surface area contributed by atoms with E-state index in [9.17, 15) is 14.0 Å². The Morgan fingerprint density at radius 3 is 3.00 bits per heavy atom. The van der Waals surface area contributed by atoms with E-state index in [1.54, 1.807) is 0 Å². The number of carbonyl (C=O) groups is 2. The molecule has 0 aliphatic carbocycles. The lowest BCUT2D eigenvalue weighted by Gasteiger charge is -2.15. The van der Waals surface area contributed by atoms with E-state index in [0.29, 0.717) is 17.4 Å². The van der Waals surface area contributed by atoms with Crippen molar-refractivity contribution in [2.24, 2.45) is 0 Å². The van der Waals surface area contributed by atoms with Gasteiger partial charge in [-0.3, -0.25) is 9.59 Å². The summed E-state index contributed by atoms with van der Waals surface area (Å²) in [5, 5.41) is 5.30. The van der Waals surface area contributed by atoms with Gasteiger partial charge in [0.2, 0.25) is 5.91 Å². The van der Waals surface area contributed by atoms with E-state index in [2.05, 4.69) is 26.6 Å². The number of benzene rings is 1. The summed E-state index contributed by atoms with van der Waals surface area (Å²) < 4.78 is 14.2. The van der Waals surface area contributed by atoms with Crippen molar-refractivity contribution in [2.75, 3.05) is 6.54 Å². The number of rotatable bonds is 2. The molecule has 0 bridgehead atoms. The highest BCUT2D eigenvalue weighted by molar-refractivity contribution is 9.10. The first kappa shape index (κ1) is 14.0. The molecule has 1 aliphatic heterocycles. The van der Waals surface area contributed by atoms with Gasteiger partial charge in [-0.25, -0.2) is 4.39 Å². The van der Waals surface area contributed by atoms with Crippen LogP contribution in [0.1, 0.15) is 29.6 Å².